The number of para-hydroxylation sites is 1. The van der Waals surface area contributed by atoms with Crippen LogP contribution in [-0.2, 0) is 26.2 Å². The minimum atomic E-state index is -3.60. The second kappa shape index (κ2) is 15.8. The molecule has 1 aliphatic rings. The molecule has 45 heavy (non-hydrogen) atoms. The number of rotatable bonds is 14. The number of aromatic nitrogens is 1. The summed E-state index contributed by atoms with van der Waals surface area (Å²) >= 11 is 7.03. The van der Waals surface area contributed by atoms with Crippen LogP contribution in [0.5, 0.6) is 5.75 Å². The van der Waals surface area contributed by atoms with E-state index in [1.807, 2.05) is 50.2 Å². The van der Waals surface area contributed by atoms with Gasteiger partial charge in [0.15, 0.2) is 0 Å². The number of methoxy groups -OCH3 is 1. The van der Waals surface area contributed by atoms with Crippen molar-refractivity contribution in [3.63, 3.8) is 0 Å². The molecule has 2 aromatic rings. The smallest absolute Gasteiger partial charge is 0.410 e. The highest BCUT2D eigenvalue weighted by molar-refractivity contribution is 7.87. The summed E-state index contributed by atoms with van der Waals surface area (Å²) in [6, 6.07) is 5.05. The minimum Gasteiger partial charge on any atom is -0.490 e. The van der Waals surface area contributed by atoms with Gasteiger partial charge in [0.1, 0.15) is 23.7 Å². The number of halogens is 1. The van der Waals surface area contributed by atoms with Crippen LogP contribution in [0.4, 0.5) is 4.79 Å². The summed E-state index contributed by atoms with van der Waals surface area (Å²) in [5.41, 5.74) is 0.406. The summed E-state index contributed by atoms with van der Waals surface area (Å²) in [4.78, 5) is 31.0. The number of unbranched alkanes of at least 4 members (excludes halogenated alkanes) is 1. The van der Waals surface area contributed by atoms with E-state index in [1.165, 1.54) is 14.1 Å². The SMILES string of the molecule is COCCCCn1c(C(=O)N(C(C)C)[C@@H]2CCCN(C(=O)OC(C)(C)C)C2)c(Cl)c2cccc(OCCNS(=O)(=O)N(C)C)c21. The van der Waals surface area contributed by atoms with E-state index < -0.39 is 15.8 Å². The van der Waals surface area contributed by atoms with Gasteiger partial charge in [0, 0.05) is 65.4 Å². The summed E-state index contributed by atoms with van der Waals surface area (Å²) in [6.07, 6.45) is 2.60. The fourth-order valence-electron chi connectivity index (χ4n) is 5.48. The number of likely N-dealkylation sites (tertiary alicyclic amines) is 1. The summed E-state index contributed by atoms with van der Waals surface area (Å²) in [5, 5.41) is 0.992. The van der Waals surface area contributed by atoms with Crippen LogP contribution >= 0.6 is 11.6 Å². The first-order chi connectivity index (χ1) is 21.1. The van der Waals surface area contributed by atoms with Crippen LogP contribution < -0.4 is 9.46 Å². The molecule has 0 saturated carbocycles. The lowest BCUT2D eigenvalue weighted by atomic mass is 10.0. The van der Waals surface area contributed by atoms with Gasteiger partial charge in [0.2, 0.25) is 0 Å². The van der Waals surface area contributed by atoms with Crippen LogP contribution in [0.15, 0.2) is 18.2 Å². The summed E-state index contributed by atoms with van der Waals surface area (Å²) < 4.78 is 46.7. The first-order valence-corrected chi connectivity index (χ1v) is 17.3. The molecule has 12 nitrogen and oxygen atoms in total. The van der Waals surface area contributed by atoms with Gasteiger partial charge < -0.3 is 28.6 Å². The van der Waals surface area contributed by atoms with Crippen molar-refractivity contribution in [2.45, 2.75) is 84.5 Å². The topological polar surface area (TPSA) is 123 Å². The number of hydrogen-bond donors (Lipinski definition) is 1. The average molecular weight is 672 g/mol. The molecule has 2 amide bonds. The Morgan fingerprint density at radius 3 is 2.49 bits per heavy atom. The molecule has 1 N–H and O–H groups in total. The van der Waals surface area contributed by atoms with Crippen molar-refractivity contribution < 1.29 is 32.2 Å². The molecule has 0 spiro atoms. The second-order valence-electron chi connectivity index (χ2n) is 12.7. The normalized spacial score (nSPS) is 16.1. The Kier molecular flexibility index (Phi) is 13.0. The number of carbonyl (C=O) groups excluding carboxylic acids is 2. The predicted octanol–water partition coefficient (Wildman–Crippen LogP) is 4.75. The van der Waals surface area contributed by atoms with E-state index in [0.717, 1.165) is 30.0 Å². The monoisotopic (exact) mass is 671 g/mol. The standard InChI is InChI=1S/C31H50ClN5O7S/c1-22(2)37(23-13-12-17-35(21-23)30(39)44-31(3,4)5)29(38)28-26(32)24-14-11-15-25(27(24)36(28)18-9-10-19-42-8)43-20-16-33-45(40,41)34(6)7/h11,14-15,22-23,33H,9-10,12-13,16-21H2,1-8H3/t23-/m1/s1. The van der Waals surface area contributed by atoms with Gasteiger partial charge in [-0.1, -0.05) is 23.7 Å². The number of benzene rings is 1. The molecule has 254 valence electrons. The van der Waals surface area contributed by atoms with Crippen LogP contribution in [0.25, 0.3) is 10.9 Å². The highest BCUT2D eigenvalue weighted by Gasteiger charge is 2.37. The number of nitrogens with one attached hydrogen (secondary N) is 1. The van der Waals surface area contributed by atoms with E-state index in [2.05, 4.69) is 4.72 Å². The Morgan fingerprint density at radius 2 is 1.87 bits per heavy atom. The number of ether oxygens (including phenoxy) is 3. The van der Waals surface area contributed by atoms with Crippen LogP contribution in [0.1, 0.15) is 70.8 Å². The van der Waals surface area contributed by atoms with Crippen molar-refractivity contribution in [1.29, 1.82) is 0 Å². The lowest BCUT2D eigenvalue weighted by Crippen LogP contribution is -2.54. The fraction of sp³-hybridized carbons (Fsp3) is 0.677. The summed E-state index contributed by atoms with van der Waals surface area (Å²) in [7, 11) is 0.949. The molecule has 1 atom stereocenters. The lowest BCUT2D eigenvalue weighted by molar-refractivity contribution is 0.00733. The molecule has 0 radical (unpaired) electrons. The Bertz CT molecular complexity index is 1420. The van der Waals surface area contributed by atoms with Gasteiger partial charge >= 0.3 is 6.09 Å². The van der Waals surface area contributed by atoms with Gasteiger partial charge in [-0.15, -0.1) is 0 Å². The zero-order valence-electron chi connectivity index (χ0n) is 27.9. The average Bonchev–Trinajstić information content (AvgIpc) is 3.24. The third kappa shape index (κ3) is 9.47. The van der Waals surface area contributed by atoms with Gasteiger partial charge in [-0.3, -0.25) is 4.79 Å². The van der Waals surface area contributed by atoms with Crippen molar-refractivity contribution in [3.8, 4) is 5.75 Å². The molecule has 0 aliphatic carbocycles. The van der Waals surface area contributed by atoms with E-state index in [4.69, 9.17) is 25.8 Å². The number of piperidine rings is 1. The first kappa shape index (κ1) is 36.9. The second-order valence-corrected chi connectivity index (χ2v) is 15.1. The number of carbonyl (C=O) groups is 2. The molecule has 14 heteroatoms. The van der Waals surface area contributed by atoms with E-state index in [-0.39, 0.29) is 37.2 Å². The molecule has 1 aromatic carbocycles. The number of nitrogens with zero attached hydrogens (tertiary/aromatic N) is 4. The molecule has 1 fully saturated rings. The van der Waals surface area contributed by atoms with Gasteiger partial charge in [-0.2, -0.15) is 17.4 Å². The summed E-state index contributed by atoms with van der Waals surface area (Å²) in [6.45, 7) is 11.6. The first-order valence-electron chi connectivity index (χ1n) is 15.5. The molecule has 1 aliphatic heterocycles. The maximum Gasteiger partial charge on any atom is 0.410 e. The Labute approximate surface area is 273 Å². The lowest BCUT2D eigenvalue weighted by Gasteiger charge is -2.41. The van der Waals surface area contributed by atoms with Crippen molar-refractivity contribution in [2.24, 2.45) is 0 Å². The van der Waals surface area contributed by atoms with Crippen molar-refractivity contribution in [1.82, 2.24) is 23.4 Å². The molecule has 1 saturated heterocycles. The highest BCUT2D eigenvalue weighted by Crippen LogP contribution is 2.38. The Morgan fingerprint density at radius 1 is 1.16 bits per heavy atom. The number of amides is 2. The van der Waals surface area contributed by atoms with E-state index in [1.54, 1.807) is 24.1 Å². The Hall–Kier alpha value is -2.58. The van der Waals surface area contributed by atoms with E-state index in [9.17, 15) is 18.0 Å². The number of aryl methyl sites for hydroxylation is 1. The van der Waals surface area contributed by atoms with E-state index in [0.29, 0.717) is 53.6 Å². The minimum absolute atomic E-state index is 0.0575. The van der Waals surface area contributed by atoms with Crippen LogP contribution in [0.2, 0.25) is 5.02 Å². The molecular weight excluding hydrogens is 622 g/mol. The van der Waals surface area contributed by atoms with Crippen LogP contribution in [0, 0.1) is 0 Å². The van der Waals surface area contributed by atoms with Crippen molar-refractivity contribution in [3.05, 3.63) is 28.9 Å². The number of hydrogen-bond acceptors (Lipinski definition) is 7. The number of fused-ring (bicyclic) bond motifs is 1. The van der Waals surface area contributed by atoms with Gasteiger partial charge in [0.25, 0.3) is 16.1 Å². The molecular formula is C31H50ClN5O7S. The van der Waals surface area contributed by atoms with Gasteiger partial charge in [-0.05, 0) is 66.4 Å². The van der Waals surface area contributed by atoms with Crippen LogP contribution in [-0.4, -0.2) is 111 Å². The third-order valence-electron chi connectivity index (χ3n) is 7.52. The fourth-order valence-corrected chi connectivity index (χ4v) is 6.42. The zero-order valence-corrected chi connectivity index (χ0v) is 29.5. The largest absolute Gasteiger partial charge is 0.490 e. The van der Waals surface area contributed by atoms with Gasteiger partial charge in [-0.25, -0.2) is 4.79 Å². The van der Waals surface area contributed by atoms with Crippen LogP contribution in [0.3, 0.4) is 0 Å². The highest BCUT2D eigenvalue weighted by atomic mass is 35.5. The zero-order chi connectivity index (χ0) is 33.5. The maximum atomic E-state index is 14.6. The molecule has 1 aromatic heterocycles. The molecule has 0 unspecified atom stereocenters. The molecule has 3 rings (SSSR count). The quantitative estimate of drug-likeness (QED) is 0.288. The molecule has 2 heterocycles. The van der Waals surface area contributed by atoms with Crippen molar-refractivity contribution >= 4 is 44.7 Å². The van der Waals surface area contributed by atoms with Gasteiger partial charge in [0.05, 0.1) is 16.6 Å². The summed E-state index contributed by atoms with van der Waals surface area (Å²) in [5.74, 6) is 0.271. The predicted molar refractivity (Wildman–Crippen MR) is 176 cm³/mol. The maximum absolute atomic E-state index is 14.6. The Balaban J connectivity index is 1.98. The molecule has 0 bridgehead atoms. The third-order valence-corrected chi connectivity index (χ3v) is 9.44. The van der Waals surface area contributed by atoms with Crippen molar-refractivity contribution in [2.75, 3.05) is 54.1 Å². The van der Waals surface area contributed by atoms with E-state index >= 15 is 0 Å².